The van der Waals surface area contributed by atoms with Crippen molar-refractivity contribution in [3.05, 3.63) is 27.9 Å². The lowest BCUT2D eigenvalue weighted by molar-refractivity contribution is 0.558. The molecule has 2 rings (SSSR count). The third kappa shape index (κ3) is 2.30. The quantitative estimate of drug-likeness (QED) is 0.732. The number of hydrogen-bond donors (Lipinski definition) is 1. The Morgan fingerprint density at radius 2 is 2.00 bits per heavy atom. The Balaban J connectivity index is 2.23. The second-order valence-corrected chi connectivity index (χ2v) is 4.31. The maximum absolute atomic E-state index is 11.5. The molecule has 0 amide bonds. The molecule has 1 N–H and O–H groups in total. The van der Waals surface area contributed by atoms with E-state index >= 15 is 0 Å². The molecule has 1 aliphatic carbocycles. The van der Waals surface area contributed by atoms with E-state index in [9.17, 15) is 4.79 Å². The molecule has 84 valence electrons. The highest BCUT2D eigenvalue weighted by Crippen LogP contribution is 2.28. The standard InChI is InChI=1S/C12H15N3O/c13-7-10-8-14-11(15-12(10)16)9-5-3-1-2-4-6-9/h8-9H,1-6H2,(H,14,15,16). The number of hydrogen-bond acceptors (Lipinski definition) is 3. The Kier molecular flexibility index (Phi) is 3.35. The summed E-state index contributed by atoms with van der Waals surface area (Å²) >= 11 is 0. The summed E-state index contributed by atoms with van der Waals surface area (Å²) in [5.41, 5.74) is -0.214. The number of nitriles is 1. The van der Waals surface area contributed by atoms with E-state index in [0.29, 0.717) is 5.92 Å². The van der Waals surface area contributed by atoms with Crippen molar-refractivity contribution in [2.24, 2.45) is 0 Å². The van der Waals surface area contributed by atoms with Crippen molar-refractivity contribution in [3.8, 4) is 6.07 Å². The van der Waals surface area contributed by atoms with Crippen molar-refractivity contribution in [2.75, 3.05) is 0 Å². The Hall–Kier alpha value is -1.63. The lowest BCUT2D eigenvalue weighted by atomic mass is 9.99. The fourth-order valence-corrected chi connectivity index (χ4v) is 2.25. The van der Waals surface area contributed by atoms with Crippen LogP contribution in [0.3, 0.4) is 0 Å². The molecule has 0 spiro atoms. The zero-order chi connectivity index (χ0) is 11.4. The van der Waals surface area contributed by atoms with Crippen molar-refractivity contribution >= 4 is 0 Å². The molecule has 0 aromatic carbocycles. The third-order valence-electron chi connectivity index (χ3n) is 3.18. The van der Waals surface area contributed by atoms with E-state index in [1.54, 1.807) is 0 Å². The Morgan fingerprint density at radius 1 is 1.31 bits per heavy atom. The van der Waals surface area contributed by atoms with E-state index in [0.717, 1.165) is 18.7 Å². The maximum atomic E-state index is 11.5. The van der Waals surface area contributed by atoms with E-state index in [-0.39, 0.29) is 11.1 Å². The second kappa shape index (κ2) is 4.93. The fourth-order valence-electron chi connectivity index (χ4n) is 2.25. The van der Waals surface area contributed by atoms with Crippen molar-refractivity contribution in [2.45, 2.75) is 44.4 Å². The minimum atomic E-state index is -0.309. The van der Waals surface area contributed by atoms with Crippen LogP contribution in [-0.4, -0.2) is 9.97 Å². The Bertz CT molecular complexity index is 450. The highest BCUT2D eigenvalue weighted by Gasteiger charge is 2.16. The van der Waals surface area contributed by atoms with E-state index in [1.807, 2.05) is 6.07 Å². The molecule has 4 nitrogen and oxygen atoms in total. The summed E-state index contributed by atoms with van der Waals surface area (Å²) < 4.78 is 0. The van der Waals surface area contributed by atoms with Crippen LogP contribution in [0.4, 0.5) is 0 Å². The van der Waals surface area contributed by atoms with Crippen molar-refractivity contribution in [1.29, 1.82) is 5.26 Å². The normalized spacial score (nSPS) is 17.7. The van der Waals surface area contributed by atoms with Crippen LogP contribution in [0, 0.1) is 11.3 Å². The zero-order valence-electron chi connectivity index (χ0n) is 9.20. The highest BCUT2D eigenvalue weighted by molar-refractivity contribution is 5.22. The SMILES string of the molecule is N#Cc1cnc(C2CCCCCC2)[nH]c1=O. The average molecular weight is 217 g/mol. The van der Waals surface area contributed by atoms with Gasteiger partial charge in [0.1, 0.15) is 17.5 Å². The van der Waals surface area contributed by atoms with Gasteiger partial charge in [-0.15, -0.1) is 0 Å². The Morgan fingerprint density at radius 3 is 2.56 bits per heavy atom. The summed E-state index contributed by atoms with van der Waals surface area (Å²) in [4.78, 5) is 18.4. The highest BCUT2D eigenvalue weighted by atomic mass is 16.1. The minimum absolute atomic E-state index is 0.0948. The minimum Gasteiger partial charge on any atom is -0.309 e. The van der Waals surface area contributed by atoms with Crippen LogP contribution in [0.5, 0.6) is 0 Å². The van der Waals surface area contributed by atoms with Crippen LogP contribution in [0.25, 0.3) is 0 Å². The molecule has 1 aromatic heterocycles. The molecule has 16 heavy (non-hydrogen) atoms. The summed E-state index contributed by atoms with van der Waals surface area (Å²) in [6.45, 7) is 0. The van der Waals surface area contributed by atoms with Gasteiger partial charge in [0.05, 0.1) is 6.20 Å². The molecule has 0 unspecified atom stereocenters. The number of H-pyrrole nitrogens is 1. The summed E-state index contributed by atoms with van der Waals surface area (Å²) in [6.07, 6.45) is 8.53. The van der Waals surface area contributed by atoms with Gasteiger partial charge >= 0.3 is 0 Å². The van der Waals surface area contributed by atoms with Gasteiger partial charge in [-0.2, -0.15) is 5.26 Å². The number of nitrogens with one attached hydrogen (secondary N) is 1. The molecular formula is C12H15N3O. The Labute approximate surface area is 94.3 Å². The molecular weight excluding hydrogens is 202 g/mol. The van der Waals surface area contributed by atoms with Gasteiger partial charge in [0.25, 0.3) is 5.56 Å². The van der Waals surface area contributed by atoms with Crippen molar-refractivity contribution in [1.82, 2.24) is 9.97 Å². The zero-order valence-corrected chi connectivity index (χ0v) is 9.20. The monoisotopic (exact) mass is 217 g/mol. The van der Waals surface area contributed by atoms with E-state index in [2.05, 4.69) is 9.97 Å². The van der Waals surface area contributed by atoms with Gasteiger partial charge in [0, 0.05) is 5.92 Å². The molecule has 1 aliphatic rings. The lowest BCUT2D eigenvalue weighted by Crippen LogP contribution is -2.16. The molecule has 1 aromatic rings. The third-order valence-corrected chi connectivity index (χ3v) is 3.18. The maximum Gasteiger partial charge on any atom is 0.268 e. The molecule has 4 heteroatoms. The first-order valence-corrected chi connectivity index (χ1v) is 5.80. The number of rotatable bonds is 1. The summed E-state index contributed by atoms with van der Waals surface area (Å²) in [6, 6.07) is 1.83. The van der Waals surface area contributed by atoms with Crippen molar-refractivity contribution in [3.63, 3.8) is 0 Å². The molecule has 0 atom stereocenters. The number of aromatic nitrogens is 2. The van der Waals surface area contributed by atoms with Crippen LogP contribution in [0.2, 0.25) is 0 Å². The molecule has 0 aliphatic heterocycles. The number of nitrogens with zero attached hydrogens (tertiary/aromatic N) is 2. The van der Waals surface area contributed by atoms with Crippen LogP contribution in [-0.2, 0) is 0 Å². The molecule has 0 saturated heterocycles. The fraction of sp³-hybridized carbons (Fsp3) is 0.583. The summed E-state index contributed by atoms with van der Waals surface area (Å²) in [7, 11) is 0. The molecule has 0 radical (unpaired) electrons. The predicted molar refractivity (Wildman–Crippen MR) is 60.0 cm³/mol. The first-order chi connectivity index (χ1) is 7.81. The largest absolute Gasteiger partial charge is 0.309 e. The van der Waals surface area contributed by atoms with E-state index in [1.165, 1.54) is 31.9 Å². The van der Waals surface area contributed by atoms with E-state index < -0.39 is 0 Å². The summed E-state index contributed by atoms with van der Waals surface area (Å²) in [5.74, 6) is 1.12. The summed E-state index contributed by atoms with van der Waals surface area (Å²) in [5, 5.41) is 8.65. The molecule has 1 heterocycles. The first kappa shape index (κ1) is 10.9. The van der Waals surface area contributed by atoms with Gasteiger partial charge in [-0.05, 0) is 12.8 Å². The molecule has 1 fully saturated rings. The van der Waals surface area contributed by atoms with Gasteiger partial charge in [-0.25, -0.2) is 4.98 Å². The molecule has 0 bridgehead atoms. The van der Waals surface area contributed by atoms with Gasteiger partial charge in [0.15, 0.2) is 0 Å². The molecule has 1 saturated carbocycles. The van der Waals surface area contributed by atoms with E-state index in [4.69, 9.17) is 5.26 Å². The van der Waals surface area contributed by atoms with Crippen molar-refractivity contribution < 1.29 is 0 Å². The number of aromatic amines is 1. The van der Waals surface area contributed by atoms with Gasteiger partial charge in [-0.3, -0.25) is 4.79 Å². The average Bonchev–Trinajstić information content (AvgIpc) is 2.57. The van der Waals surface area contributed by atoms with Gasteiger partial charge in [-0.1, -0.05) is 25.7 Å². The van der Waals surface area contributed by atoms with Gasteiger partial charge < -0.3 is 4.98 Å². The second-order valence-electron chi connectivity index (χ2n) is 4.31. The van der Waals surface area contributed by atoms with Gasteiger partial charge in [0.2, 0.25) is 0 Å². The van der Waals surface area contributed by atoms with Crippen LogP contribution in [0.1, 0.15) is 55.8 Å². The van der Waals surface area contributed by atoms with Crippen LogP contribution >= 0.6 is 0 Å². The lowest BCUT2D eigenvalue weighted by Gasteiger charge is -2.12. The smallest absolute Gasteiger partial charge is 0.268 e. The predicted octanol–water partition coefficient (Wildman–Crippen LogP) is 2.08. The topological polar surface area (TPSA) is 69.5 Å². The van der Waals surface area contributed by atoms with Crippen LogP contribution < -0.4 is 5.56 Å². The van der Waals surface area contributed by atoms with Crippen LogP contribution in [0.15, 0.2) is 11.0 Å². The first-order valence-electron chi connectivity index (χ1n) is 5.80.